The number of aryl methyl sites for hydroxylation is 2. The molecule has 0 saturated heterocycles. The van der Waals surface area contributed by atoms with Gasteiger partial charge in [0.25, 0.3) is 5.91 Å². The molecule has 6 nitrogen and oxygen atoms in total. The molecule has 116 valence electrons. The maximum absolute atomic E-state index is 12.3. The van der Waals surface area contributed by atoms with Crippen LogP contribution in [0.3, 0.4) is 0 Å². The highest BCUT2D eigenvalue weighted by atomic mass is 16.4. The first-order chi connectivity index (χ1) is 10.1. The van der Waals surface area contributed by atoms with Gasteiger partial charge in [0.15, 0.2) is 0 Å². The molecule has 2 N–H and O–H groups in total. The van der Waals surface area contributed by atoms with Crippen LogP contribution in [0.4, 0.5) is 0 Å². The van der Waals surface area contributed by atoms with Crippen molar-refractivity contribution in [2.75, 3.05) is 6.54 Å². The number of carbonyl (C=O) groups is 2. The van der Waals surface area contributed by atoms with Crippen LogP contribution in [0.2, 0.25) is 0 Å². The standard InChI is InChI=1S/C15H23N3O3/c1-3-11-8-13(18(4-2)17-11)14(19)16-9-10-6-5-7-12(10)15(20)21/h8,10,12H,3-7,9H2,1-2H3,(H,16,19)(H,20,21). The Balaban J connectivity index is 1.98. The number of nitrogens with one attached hydrogen (secondary N) is 1. The van der Waals surface area contributed by atoms with Gasteiger partial charge in [0.1, 0.15) is 5.69 Å². The summed E-state index contributed by atoms with van der Waals surface area (Å²) in [7, 11) is 0. The summed E-state index contributed by atoms with van der Waals surface area (Å²) in [4.78, 5) is 23.4. The Morgan fingerprint density at radius 1 is 1.43 bits per heavy atom. The summed E-state index contributed by atoms with van der Waals surface area (Å²) < 4.78 is 1.69. The maximum Gasteiger partial charge on any atom is 0.306 e. The molecule has 2 rings (SSSR count). The quantitative estimate of drug-likeness (QED) is 0.836. The Bertz CT molecular complexity index is 524. The molecule has 1 saturated carbocycles. The second kappa shape index (κ2) is 6.74. The number of hydrogen-bond acceptors (Lipinski definition) is 3. The lowest BCUT2D eigenvalue weighted by atomic mass is 9.96. The lowest BCUT2D eigenvalue weighted by Crippen LogP contribution is -2.34. The predicted molar refractivity (Wildman–Crippen MR) is 78.1 cm³/mol. The van der Waals surface area contributed by atoms with E-state index in [2.05, 4.69) is 10.4 Å². The molecular weight excluding hydrogens is 270 g/mol. The molecule has 0 aromatic carbocycles. The van der Waals surface area contributed by atoms with Crippen molar-refractivity contribution >= 4 is 11.9 Å². The Labute approximate surface area is 124 Å². The van der Waals surface area contributed by atoms with E-state index in [4.69, 9.17) is 5.11 Å². The van der Waals surface area contributed by atoms with Gasteiger partial charge in [-0.05, 0) is 38.2 Å². The normalized spacial score (nSPS) is 21.4. The van der Waals surface area contributed by atoms with Gasteiger partial charge in [-0.25, -0.2) is 0 Å². The smallest absolute Gasteiger partial charge is 0.306 e. The van der Waals surface area contributed by atoms with Gasteiger partial charge in [-0.15, -0.1) is 0 Å². The number of carbonyl (C=O) groups excluding carboxylic acids is 1. The third-order valence-electron chi connectivity index (χ3n) is 4.23. The van der Waals surface area contributed by atoms with Crippen molar-refractivity contribution in [2.45, 2.75) is 46.1 Å². The van der Waals surface area contributed by atoms with E-state index in [1.165, 1.54) is 0 Å². The molecule has 2 atom stereocenters. The van der Waals surface area contributed by atoms with Crippen LogP contribution in [-0.4, -0.2) is 33.3 Å². The van der Waals surface area contributed by atoms with Gasteiger partial charge in [-0.3, -0.25) is 14.3 Å². The lowest BCUT2D eigenvalue weighted by molar-refractivity contribution is -0.142. The van der Waals surface area contributed by atoms with Gasteiger partial charge in [0, 0.05) is 13.1 Å². The predicted octanol–water partition coefficient (Wildman–Crippen LogP) is 1.70. The average Bonchev–Trinajstić information content (AvgIpc) is 3.10. The van der Waals surface area contributed by atoms with Crippen LogP contribution in [0.5, 0.6) is 0 Å². The SMILES string of the molecule is CCc1cc(C(=O)NCC2CCCC2C(=O)O)n(CC)n1. The van der Waals surface area contributed by atoms with Crippen LogP contribution in [-0.2, 0) is 17.8 Å². The Morgan fingerprint density at radius 2 is 2.19 bits per heavy atom. The van der Waals surface area contributed by atoms with Crippen molar-refractivity contribution in [2.24, 2.45) is 11.8 Å². The minimum absolute atomic E-state index is 0.0371. The molecule has 1 heterocycles. The van der Waals surface area contributed by atoms with Crippen molar-refractivity contribution in [1.82, 2.24) is 15.1 Å². The van der Waals surface area contributed by atoms with Gasteiger partial charge >= 0.3 is 5.97 Å². The number of amides is 1. The third-order valence-corrected chi connectivity index (χ3v) is 4.23. The number of carboxylic acid groups (broad SMARTS) is 1. The molecule has 2 unspecified atom stereocenters. The molecule has 1 aliphatic rings. The average molecular weight is 293 g/mol. The summed E-state index contributed by atoms with van der Waals surface area (Å²) in [5, 5.41) is 16.4. The molecule has 1 amide bonds. The fourth-order valence-corrected chi connectivity index (χ4v) is 2.99. The molecule has 1 aromatic rings. The third kappa shape index (κ3) is 3.43. The maximum atomic E-state index is 12.3. The van der Waals surface area contributed by atoms with Gasteiger partial charge < -0.3 is 10.4 Å². The number of nitrogens with zero attached hydrogens (tertiary/aromatic N) is 2. The monoisotopic (exact) mass is 293 g/mol. The van der Waals surface area contributed by atoms with E-state index in [0.717, 1.165) is 25.0 Å². The Morgan fingerprint density at radius 3 is 2.81 bits per heavy atom. The summed E-state index contributed by atoms with van der Waals surface area (Å²) in [6.45, 7) is 5.01. The van der Waals surface area contributed by atoms with E-state index >= 15 is 0 Å². The molecule has 1 aliphatic carbocycles. The van der Waals surface area contributed by atoms with Crippen LogP contribution >= 0.6 is 0 Å². The number of aliphatic carboxylic acids is 1. The molecule has 21 heavy (non-hydrogen) atoms. The van der Waals surface area contributed by atoms with Crippen molar-refractivity contribution in [1.29, 1.82) is 0 Å². The summed E-state index contributed by atoms with van der Waals surface area (Å²) >= 11 is 0. The molecule has 1 aromatic heterocycles. The van der Waals surface area contributed by atoms with Gasteiger partial charge in [0.05, 0.1) is 11.6 Å². The molecule has 0 bridgehead atoms. The van der Waals surface area contributed by atoms with Gasteiger partial charge in [-0.1, -0.05) is 13.3 Å². The first-order valence-corrected chi connectivity index (χ1v) is 7.64. The van der Waals surface area contributed by atoms with E-state index in [1.54, 1.807) is 4.68 Å². The van der Waals surface area contributed by atoms with Crippen LogP contribution < -0.4 is 5.32 Å². The van der Waals surface area contributed by atoms with E-state index in [1.807, 2.05) is 19.9 Å². The van der Waals surface area contributed by atoms with Crippen molar-refractivity contribution < 1.29 is 14.7 Å². The highest BCUT2D eigenvalue weighted by molar-refractivity contribution is 5.92. The van der Waals surface area contributed by atoms with Crippen LogP contribution in [0.1, 0.15) is 49.3 Å². The van der Waals surface area contributed by atoms with Crippen molar-refractivity contribution in [3.05, 3.63) is 17.5 Å². The largest absolute Gasteiger partial charge is 0.481 e. The molecule has 6 heteroatoms. The van der Waals surface area contributed by atoms with E-state index in [9.17, 15) is 9.59 Å². The van der Waals surface area contributed by atoms with E-state index in [0.29, 0.717) is 25.2 Å². The first-order valence-electron chi connectivity index (χ1n) is 7.64. The Kier molecular flexibility index (Phi) is 4.98. The molecular formula is C15H23N3O3. The van der Waals surface area contributed by atoms with Crippen LogP contribution in [0, 0.1) is 11.8 Å². The van der Waals surface area contributed by atoms with Crippen LogP contribution in [0.25, 0.3) is 0 Å². The fraction of sp³-hybridized carbons (Fsp3) is 0.667. The zero-order valence-corrected chi connectivity index (χ0v) is 12.6. The summed E-state index contributed by atoms with van der Waals surface area (Å²) in [6, 6.07) is 1.81. The Hall–Kier alpha value is -1.85. The summed E-state index contributed by atoms with van der Waals surface area (Å²) in [6.07, 6.45) is 3.29. The van der Waals surface area contributed by atoms with Crippen molar-refractivity contribution in [3.63, 3.8) is 0 Å². The highest BCUT2D eigenvalue weighted by Gasteiger charge is 2.33. The minimum atomic E-state index is -0.751. The van der Waals surface area contributed by atoms with E-state index < -0.39 is 5.97 Å². The van der Waals surface area contributed by atoms with Crippen LogP contribution in [0.15, 0.2) is 6.07 Å². The summed E-state index contributed by atoms with van der Waals surface area (Å²) in [5.41, 5.74) is 1.45. The zero-order chi connectivity index (χ0) is 15.4. The molecule has 0 radical (unpaired) electrons. The number of aromatic nitrogens is 2. The van der Waals surface area contributed by atoms with E-state index in [-0.39, 0.29) is 17.7 Å². The summed E-state index contributed by atoms with van der Waals surface area (Å²) in [5.74, 6) is -1.21. The lowest BCUT2D eigenvalue weighted by Gasteiger charge is -2.16. The van der Waals surface area contributed by atoms with Crippen molar-refractivity contribution in [3.8, 4) is 0 Å². The fourth-order valence-electron chi connectivity index (χ4n) is 2.99. The number of carboxylic acids is 1. The zero-order valence-electron chi connectivity index (χ0n) is 12.6. The van der Waals surface area contributed by atoms with Gasteiger partial charge in [0.2, 0.25) is 0 Å². The minimum Gasteiger partial charge on any atom is -0.481 e. The molecule has 0 aliphatic heterocycles. The topological polar surface area (TPSA) is 84.2 Å². The number of hydrogen-bond donors (Lipinski definition) is 2. The second-order valence-corrected chi connectivity index (χ2v) is 5.54. The van der Waals surface area contributed by atoms with Gasteiger partial charge in [-0.2, -0.15) is 5.10 Å². The molecule has 0 spiro atoms. The molecule has 1 fully saturated rings. The highest BCUT2D eigenvalue weighted by Crippen LogP contribution is 2.31. The second-order valence-electron chi connectivity index (χ2n) is 5.54. The number of rotatable bonds is 6. The first kappa shape index (κ1) is 15.5.